The van der Waals surface area contributed by atoms with E-state index in [1.165, 1.54) is 6.07 Å². The molecule has 2 unspecified atom stereocenters. The lowest BCUT2D eigenvalue weighted by molar-refractivity contribution is -0.383. The molecule has 114 valence electrons. The van der Waals surface area contributed by atoms with Crippen LogP contribution < -0.4 is 5.73 Å². The van der Waals surface area contributed by atoms with Gasteiger partial charge in [-0.15, -0.1) is 0 Å². The monoisotopic (exact) mass is 313 g/mol. The molecule has 1 aliphatic heterocycles. The largest absolute Gasteiger partial charge is 0.393 e. The number of hydrogen-bond donors (Lipinski definition) is 2. The van der Waals surface area contributed by atoms with Crippen LogP contribution in [0.5, 0.6) is 0 Å². The van der Waals surface area contributed by atoms with Crippen molar-refractivity contribution in [3.8, 4) is 0 Å². The number of nitro groups is 1. The van der Waals surface area contributed by atoms with Crippen LogP contribution in [0, 0.1) is 16.0 Å². The number of nitrogens with two attached hydrogens (primary N) is 1. The first-order valence-corrected chi connectivity index (χ1v) is 6.89. The van der Waals surface area contributed by atoms with Crippen LogP contribution in [0.15, 0.2) is 12.1 Å². The summed E-state index contributed by atoms with van der Waals surface area (Å²) in [4.78, 5) is 24.2. The Balaban J connectivity index is 2.26. The molecule has 1 saturated heterocycles. The molecular weight excluding hydrogens is 298 g/mol. The number of rotatable bonds is 3. The molecule has 1 aromatic rings. The standard InChI is InChI=1S/C13H16ClN3O4/c1-7(18)8-2-3-16(6-8)13(19)9-4-10(14)12(15)11(5-9)17(20)21/h4-5,7-8,18H,2-3,6,15H2,1H3. The average Bonchev–Trinajstić information content (AvgIpc) is 2.90. The number of benzene rings is 1. The summed E-state index contributed by atoms with van der Waals surface area (Å²) in [5.74, 6) is -0.323. The smallest absolute Gasteiger partial charge is 0.294 e. The zero-order valence-corrected chi connectivity index (χ0v) is 12.2. The van der Waals surface area contributed by atoms with Gasteiger partial charge in [-0.25, -0.2) is 0 Å². The van der Waals surface area contributed by atoms with Crippen molar-refractivity contribution >= 4 is 28.9 Å². The van der Waals surface area contributed by atoms with E-state index in [0.717, 1.165) is 6.07 Å². The minimum absolute atomic E-state index is 0.0150. The lowest BCUT2D eigenvalue weighted by atomic mass is 10.0. The lowest BCUT2D eigenvalue weighted by Gasteiger charge is -2.18. The number of amides is 1. The quantitative estimate of drug-likeness (QED) is 0.501. The molecule has 0 saturated carbocycles. The highest BCUT2D eigenvalue weighted by atomic mass is 35.5. The average molecular weight is 314 g/mol. The first kappa shape index (κ1) is 15.5. The Hall–Kier alpha value is -1.86. The van der Waals surface area contributed by atoms with Crippen molar-refractivity contribution < 1.29 is 14.8 Å². The SMILES string of the molecule is CC(O)C1CCN(C(=O)c2cc(Cl)c(N)c([N+](=O)[O-])c2)C1. The number of carbonyl (C=O) groups is 1. The van der Waals surface area contributed by atoms with Gasteiger partial charge in [0.2, 0.25) is 0 Å². The van der Waals surface area contributed by atoms with E-state index >= 15 is 0 Å². The van der Waals surface area contributed by atoms with Gasteiger partial charge in [-0.1, -0.05) is 11.6 Å². The maximum Gasteiger partial charge on any atom is 0.294 e. The van der Waals surface area contributed by atoms with E-state index < -0.39 is 11.0 Å². The molecule has 0 bridgehead atoms. The fourth-order valence-corrected chi connectivity index (χ4v) is 2.64. The van der Waals surface area contributed by atoms with E-state index in [4.69, 9.17) is 17.3 Å². The number of halogens is 1. The van der Waals surface area contributed by atoms with Gasteiger partial charge in [-0.2, -0.15) is 0 Å². The van der Waals surface area contributed by atoms with Crippen LogP contribution in [0.2, 0.25) is 5.02 Å². The highest BCUT2D eigenvalue weighted by molar-refractivity contribution is 6.34. The summed E-state index contributed by atoms with van der Waals surface area (Å²) in [5, 5.41) is 20.5. The van der Waals surface area contributed by atoms with Crippen LogP contribution in [-0.4, -0.2) is 40.0 Å². The molecule has 8 heteroatoms. The van der Waals surface area contributed by atoms with Crippen LogP contribution >= 0.6 is 11.6 Å². The second-order valence-electron chi connectivity index (χ2n) is 5.19. The first-order chi connectivity index (χ1) is 9.81. The zero-order valence-electron chi connectivity index (χ0n) is 11.5. The Labute approximate surface area is 126 Å². The number of nitrogen functional groups attached to an aromatic ring is 1. The maximum absolute atomic E-state index is 12.4. The van der Waals surface area contributed by atoms with Gasteiger partial charge in [0.15, 0.2) is 0 Å². The minimum Gasteiger partial charge on any atom is -0.393 e. The van der Waals surface area contributed by atoms with E-state index in [0.29, 0.717) is 19.5 Å². The van der Waals surface area contributed by atoms with Gasteiger partial charge < -0.3 is 15.7 Å². The third-order valence-electron chi connectivity index (χ3n) is 3.75. The predicted octanol–water partition coefficient (Wildman–Crippen LogP) is 1.67. The zero-order chi connectivity index (χ0) is 15.7. The van der Waals surface area contributed by atoms with Gasteiger partial charge in [0.1, 0.15) is 5.69 Å². The Morgan fingerprint density at radius 2 is 2.29 bits per heavy atom. The lowest BCUT2D eigenvalue weighted by Crippen LogP contribution is -2.30. The number of aliphatic hydroxyl groups excluding tert-OH is 1. The molecule has 0 aromatic heterocycles. The molecule has 2 atom stereocenters. The third kappa shape index (κ3) is 3.08. The second kappa shape index (κ2) is 5.87. The predicted molar refractivity (Wildman–Crippen MR) is 78.2 cm³/mol. The molecule has 7 nitrogen and oxygen atoms in total. The summed E-state index contributed by atoms with van der Waals surface area (Å²) in [6.45, 7) is 2.61. The van der Waals surface area contributed by atoms with Gasteiger partial charge in [-0.3, -0.25) is 14.9 Å². The van der Waals surface area contributed by atoms with Crippen molar-refractivity contribution in [1.82, 2.24) is 4.90 Å². The number of carbonyl (C=O) groups excluding carboxylic acids is 1. The van der Waals surface area contributed by atoms with Crippen LogP contribution in [0.1, 0.15) is 23.7 Å². The number of aliphatic hydroxyl groups is 1. The fraction of sp³-hybridized carbons (Fsp3) is 0.462. The molecular formula is C13H16ClN3O4. The second-order valence-corrected chi connectivity index (χ2v) is 5.60. The van der Waals surface area contributed by atoms with Crippen molar-refractivity contribution in [3.05, 3.63) is 32.8 Å². The van der Waals surface area contributed by atoms with Crippen molar-refractivity contribution in [2.45, 2.75) is 19.4 Å². The fourth-order valence-electron chi connectivity index (χ4n) is 2.43. The molecule has 1 amide bonds. The molecule has 0 aliphatic carbocycles. The summed E-state index contributed by atoms with van der Waals surface area (Å²) in [5.41, 5.74) is 5.14. The van der Waals surface area contributed by atoms with Crippen LogP contribution in [0.25, 0.3) is 0 Å². The van der Waals surface area contributed by atoms with Gasteiger partial charge >= 0.3 is 0 Å². The van der Waals surface area contributed by atoms with Crippen LogP contribution in [0.4, 0.5) is 11.4 Å². The molecule has 21 heavy (non-hydrogen) atoms. The summed E-state index contributed by atoms with van der Waals surface area (Å²) in [6.07, 6.45) is 0.209. The molecule has 0 spiro atoms. The van der Waals surface area contributed by atoms with Gasteiger partial charge in [0.05, 0.1) is 16.0 Å². The van der Waals surface area contributed by atoms with E-state index in [1.54, 1.807) is 11.8 Å². The van der Waals surface area contributed by atoms with E-state index in [-0.39, 0.29) is 33.8 Å². The van der Waals surface area contributed by atoms with Gasteiger partial charge in [0.25, 0.3) is 11.6 Å². The molecule has 1 aliphatic rings. The highest BCUT2D eigenvalue weighted by Gasteiger charge is 2.30. The molecule has 0 radical (unpaired) electrons. The van der Waals surface area contributed by atoms with E-state index in [9.17, 15) is 20.0 Å². The summed E-state index contributed by atoms with van der Waals surface area (Å²) >= 11 is 5.85. The molecule has 1 aromatic carbocycles. The van der Waals surface area contributed by atoms with Crippen molar-refractivity contribution in [1.29, 1.82) is 0 Å². The molecule has 1 heterocycles. The van der Waals surface area contributed by atoms with Gasteiger partial charge in [-0.05, 0) is 19.4 Å². The Morgan fingerprint density at radius 1 is 1.62 bits per heavy atom. The van der Waals surface area contributed by atoms with Crippen molar-refractivity contribution in [3.63, 3.8) is 0 Å². The Morgan fingerprint density at radius 3 is 2.81 bits per heavy atom. The first-order valence-electron chi connectivity index (χ1n) is 6.52. The molecule has 2 rings (SSSR count). The van der Waals surface area contributed by atoms with E-state index in [1.807, 2.05) is 0 Å². The van der Waals surface area contributed by atoms with Gasteiger partial charge in [0, 0.05) is 30.6 Å². The Kier molecular flexibility index (Phi) is 4.34. The normalized spacial score (nSPS) is 19.6. The summed E-state index contributed by atoms with van der Waals surface area (Å²) in [7, 11) is 0. The summed E-state index contributed by atoms with van der Waals surface area (Å²) < 4.78 is 0. The van der Waals surface area contributed by atoms with Crippen LogP contribution in [-0.2, 0) is 0 Å². The number of hydrogen-bond acceptors (Lipinski definition) is 5. The highest BCUT2D eigenvalue weighted by Crippen LogP contribution is 2.32. The number of anilines is 1. The van der Waals surface area contributed by atoms with Crippen LogP contribution in [0.3, 0.4) is 0 Å². The molecule has 1 fully saturated rings. The Bertz CT molecular complexity index is 591. The van der Waals surface area contributed by atoms with Crippen molar-refractivity contribution in [2.24, 2.45) is 5.92 Å². The number of nitro benzene ring substituents is 1. The topological polar surface area (TPSA) is 110 Å². The van der Waals surface area contributed by atoms with Crippen molar-refractivity contribution in [2.75, 3.05) is 18.8 Å². The minimum atomic E-state index is -0.666. The number of likely N-dealkylation sites (tertiary alicyclic amines) is 1. The third-order valence-corrected chi connectivity index (χ3v) is 4.06. The van der Waals surface area contributed by atoms with E-state index in [2.05, 4.69) is 0 Å². The number of nitrogens with zero attached hydrogens (tertiary/aromatic N) is 2. The summed E-state index contributed by atoms with van der Waals surface area (Å²) in [6, 6.07) is 2.47. The molecule has 3 N–H and O–H groups in total. The maximum atomic E-state index is 12.4.